The van der Waals surface area contributed by atoms with Crippen molar-refractivity contribution in [2.45, 2.75) is 45.3 Å². The molecule has 0 saturated carbocycles. The molecule has 1 aliphatic rings. The van der Waals surface area contributed by atoms with Crippen LogP contribution in [-0.2, 0) is 9.47 Å². The molecule has 0 bridgehead atoms. The van der Waals surface area contributed by atoms with E-state index in [9.17, 15) is 4.79 Å². The van der Waals surface area contributed by atoms with Crippen LogP contribution in [0, 0.1) is 0 Å². The number of nitrogens with zero attached hydrogens (tertiary/aromatic N) is 1. The van der Waals surface area contributed by atoms with Crippen LogP contribution in [0.25, 0.3) is 0 Å². The summed E-state index contributed by atoms with van der Waals surface area (Å²) in [7, 11) is 1.71. The molecular weight excluding hydrogens is 218 g/mol. The van der Waals surface area contributed by atoms with Crippen molar-refractivity contribution in [2.75, 3.05) is 20.2 Å². The van der Waals surface area contributed by atoms with Gasteiger partial charge in [-0.25, -0.2) is 4.79 Å². The third-order valence-electron chi connectivity index (χ3n) is 3.40. The van der Waals surface area contributed by atoms with Gasteiger partial charge in [-0.05, 0) is 39.2 Å². The molecule has 0 aromatic heterocycles. The van der Waals surface area contributed by atoms with E-state index in [1.165, 1.54) is 0 Å². The van der Waals surface area contributed by atoms with Crippen molar-refractivity contribution in [3.63, 3.8) is 0 Å². The summed E-state index contributed by atoms with van der Waals surface area (Å²) in [5.74, 6) is 0. The lowest BCUT2D eigenvalue weighted by Crippen LogP contribution is -2.44. The largest absolute Gasteiger partial charge is 0.439 e. The number of hydrogen-bond acceptors (Lipinski definition) is 3. The summed E-state index contributed by atoms with van der Waals surface area (Å²) in [6, 6.07) is 0. The third kappa shape index (κ3) is 3.73. The number of amides is 1. The maximum Gasteiger partial charge on any atom is 0.410 e. The Morgan fingerprint density at radius 1 is 1.35 bits per heavy atom. The Bertz CT molecular complexity index is 291. The van der Waals surface area contributed by atoms with Gasteiger partial charge in [-0.15, -0.1) is 0 Å². The van der Waals surface area contributed by atoms with Crippen molar-refractivity contribution in [3.05, 3.63) is 12.2 Å². The molecule has 4 heteroatoms. The predicted octanol–water partition coefficient (Wildman–Crippen LogP) is 2.59. The zero-order chi connectivity index (χ0) is 13.1. The number of methoxy groups -OCH3 is 1. The van der Waals surface area contributed by atoms with Crippen molar-refractivity contribution in [1.29, 1.82) is 0 Å². The summed E-state index contributed by atoms with van der Waals surface area (Å²) in [4.78, 5) is 13.7. The van der Waals surface area contributed by atoms with Crippen molar-refractivity contribution in [1.82, 2.24) is 4.90 Å². The van der Waals surface area contributed by atoms with Crippen molar-refractivity contribution in [3.8, 4) is 0 Å². The molecule has 1 saturated heterocycles. The molecule has 0 atom stereocenters. The summed E-state index contributed by atoms with van der Waals surface area (Å²) in [5, 5.41) is 0. The highest BCUT2D eigenvalue weighted by Crippen LogP contribution is 2.21. The Balaban J connectivity index is 2.47. The molecule has 1 amide bonds. The monoisotopic (exact) mass is 241 g/mol. The van der Waals surface area contributed by atoms with Crippen LogP contribution in [0.1, 0.15) is 33.6 Å². The van der Waals surface area contributed by atoms with Gasteiger partial charge in [0, 0.05) is 20.2 Å². The smallest absolute Gasteiger partial charge is 0.410 e. The first-order valence-corrected chi connectivity index (χ1v) is 6.03. The molecule has 0 spiro atoms. The summed E-state index contributed by atoms with van der Waals surface area (Å²) in [6.07, 6.45) is 1.76. The molecule has 1 rings (SSSR count). The molecule has 4 nitrogen and oxygen atoms in total. The highest BCUT2D eigenvalue weighted by Gasteiger charge is 2.29. The van der Waals surface area contributed by atoms with Gasteiger partial charge in [0.2, 0.25) is 0 Å². The normalized spacial score (nSPS) is 18.0. The quantitative estimate of drug-likeness (QED) is 0.713. The minimum Gasteiger partial charge on any atom is -0.439 e. The van der Waals surface area contributed by atoms with Crippen LogP contribution < -0.4 is 0 Å². The van der Waals surface area contributed by atoms with E-state index in [1.54, 1.807) is 12.0 Å². The molecule has 1 heterocycles. The first kappa shape index (κ1) is 14.0. The number of rotatable bonds is 3. The van der Waals surface area contributed by atoms with Gasteiger partial charge < -0.3 is 14.4 Å². The predicted molar refractivity (Wildman–Crippen MR) is 67.0 cm³/mol. The van der Waals surface area contributed by atoms with Crippen LogP contribution in [0.2, 0.25) is 0 Å². The first-order chi connectivity index (χ1) is 7.86. The van der Waals surface area contributed by atoms with Gasteiger partial charge in [0.05, 0.1) is 6.10 Å². The zero-order valence-corrected chi connectivity index (χ0v) is 11.3. The fourth-order valence-electron chi connectivity index (χ4n) is 1.64. The number of likely N-dealkylation sites (tertiary alicyclic amines) is 1. The minimum atomic E-state index is -0.602. The summed E-state index contributed by atoms with van der Waals surface area (Å²) in [5.41, 5.74) is 0.243. The van der Waals surface area contributed by atoms with Crippen LogP contribution in [0.3, 0.4) is 0 Å². The van der Waals surface area contributed by atoms with E-state index in [1.807, 2.05) is 20.8 Å². The SMILES string of the molecule is C=C(C)C(C)(C)OC(=O)N1CCC(OC)CC1. The Morgan fingerprint density at radius 2 is 1.88 bits per heavy atom. The molecule has 0 radical (unpaired) electrons. The lowest BCUT2D eigenvalue weighted by molar-refractivity contribution is 0.00758. The van der Waals surface area contributed by atoms with Crippen LogP contribution in [0.15, 0.2) is 12.2 Å². The Hall–Kier alpha value is -1.03. The van der Waals surface area contributed by atoms with Crippen LogP contribution in [0.4, 0.5) is 4.79 Å². The molecule has 0 N–H and O–H groups in total. The summed E-state index contributed by atoms with van der Waals surface area (Å²) < 4.78 is 10.7. The van der Waals surface area contributed by atoms with Gasteiger partial charge in [-0.3, -0.25) is 0 Å². The molecule has 17 heavy (non-hydrogen) atoms. The number of ether oxygens (including phenoxy) is 2. The minimum absolute atomic E-state index is 0.257. The summed E-state index contributed by atoms with van der Waals surface area (Å²) in [6.45, 7) is 10.8. The molecule has 0 aliphatic carbocycles. The number of piperidine rings is 1. The van der Waals surface area contributed by atoms with Gasteiger partial charge in [0.1, 0.15) is 5.60 Å². The molecule has 1 aliphatic heterocycles. The molecular formula is C13H23NO3. The van der Waals surface area contributed by atoms with Crippen LogP contribution in [0.5, 0.6) is 0 Å². The van der Waals surface area contributed by atoms with Crippen molar-refractivity contribution < 1.29 is 14.3 Å². The molecule has 0 aromatic rings. The fourth-order valence-corrected chi connectivity index (χ4v) is 1.64. The van der Waals surface area contributed by atoms with Gasteiger partial charge in [0.15, 0.2) is 0 Å². The Labute approximate surface area is 104 Å². The van der Waals surface area contributed by atoms with E-state index < -0.39 is 5.60 Å². The van der Waals surface area contributed by atoms with Gasteiger partial charge in [-0.2, -0.15) is 0 Å². The van der Waals surface area contributed by atoms with Gasteiger partial charge >= 0.3 is 6.09 Å². The van der Waals surface area contributed by atoms with E-state index >= 15 is 0 Å². The third-order valence-corrected chi connectivity index (χ3v) is 3.40. The lowest BCUT2D eigenvalue weighted by atomic mass is 10.0. The molecule has 1 fully saturated rings. The van der Waals surface area contributed by atoms with E-state index in [-0.39, 0.29) is 12.2 Å². The highest BCUT2D eigenvalue weighted by atomic mass is 16.6. The fraction of sp³-hybridized carbons (Fsp3) is 0.769. The van der Waals surface area contributed by atoms with Gasteiger partial charge in [0.25, 0.3) is 0 Å². The van der Waals surface area contributed by atoms with Crippen molar-refractivity contribution >= 4 is 6.09 Å². The Morgan fingerprint density at radius 3 is 2.29 bits per heavy atom. The van der Waals surface area contributed by atoms with Crippen LogP contribution >= 0.6 is 0 Å². The Kier molecular flexibility index (Phi) is 4.57. The highest BCUT2D eigenvalue weighted by molar-refractivity contribution is 5.68. The van der Waals surface area contributed by atoms with E-state index in [0.717, 1.165) is 18.4 Å². The summed E-state index contributed by atoms with van der Waals surface area (Å²) >= 11 is 0. The van der Waals surface area contributed by atoms with E-state index in [0.29, 0.717) is 13.1 Å². The average molecular weight is 241 g/mol. The second-order valence-corrected chi connectivity index (χ2v) is 5.08. The number of carbonyl (C=O) groups excluding carboxylic acids is 1. The molecule has 98 valence electrons. The van der Waals surface area contributed by atoms with Crippen molar-refractivity contribution in [2.24, 2.45) is 0 Å². The number of hydrogen-bond donors (Lipinski definition) is 0. The maximum absolute atomic E-state index is 11.9. The first-order valence-electron chi connectivity index (χ1n) is 6.03. The van der Waals surface area contributed by atoms with E-state index in [2.05, 4.69) is 6.58 Å². The second kappa shape index (κ2) is 5.54. The van der Waals surface area contributed by atoms with Gasteiger partial charge in [-0.1, -0.05) is 6.58 Å². The second-order valence-electron chi connectivity index (χ2n) is 5.08. The van der Waals surface area contributed by atoms with Crippen LogP contribution in [-0.4, -0.2) is 42.9 Å². The topological polar surface area (TPSA) is 38.8 Å². The standard InChI is InChI=1S/C13H23NO3/c1-10(2)13(3,4)17-12(15)14-8-6-11(16-5)7-9-14/h11H,1,6-9H2,2-5H3. The molecule has 0 aromatic carbocycles. The van der Waals surface area contributed by atoms with E-state index in [4.69, 9.17) is 9.47 Å². The number of carbonyl (C=O) groups is 1. The molecule has 0 unspecified atom stereocenters. The maximum atomic E-state index is 11.9. The average Bonchev–Trinajstić information content (AvgIpc) is 2.28. The lowest BCUT2D eigenvalue weighted by Gasteiger charge is -2.34. The zero-order valence-electron chi connectivity index (χ0n) is 11.3.